The fourth-order valence-electron chi connectivity index (χ4n) is 4.80. The lowest BCUT2D eigenvalue weighted by atomic mass is 10.0. The van der Waals surface area contributed by atoms with Gasteiger partial charge in [0.2, 0.25) is 0 Å². The van der Waals surface area contributed by atoms with E-state index in [0.29, 0.717) is 22.3 Å². The summed E-state index contributed by atoms with van der Waals surface area (Å²) in [5.74, 6) is -1.18. The minimum Gasteiger partial charge on any atom is -0.423 e. The van der Waals surface area contributed by atoms with E-state index >= 15 is 0 Å². The van der Waals surface area contributed by atoms with Crippen molar-refractivity contribution in [3.8, 4) is 34.3 Å². The highest BCUT2D eigenvalue weighted by Crippen LogP contribution is 2.31. The van der Waals surface area contributed by atoms with Gasteiger partial charge < -0.3 is 10.1 Å². The third-order valence-electron chi connectivity index (χ3n) is 7.17. The summed E-state index contributed by atoms with van der Waals surface area (Å²) in [6.45, 7) is 0. The molecule has 0 bridgehead atoms. The van der Waals surface area contributed by atoms with E-state index in [2.05, 4.69) is 5.32 Å². The number of hydrogen-bond acceptors (Lipinski definition) is 8. The number of nitriles is 1. The van der Waals surface area contributed by atoms with Gasteiger partial charge in [-0.05, 0) is 48.0 Å². The second-order valence-corrected chi connectivity index (χ2v) is 10.8. The lowest BCUT2D eigenvalue weighted by Crippen LogP contribution is -2.14. The lowest BCUT2D eigenvalue weighted by Gasteiger charge is -2.11. The fourth-order valence-corrected chi connectivity index (χ4v) is 4.97. The van der Waals surface area contributed by atoms with Crippen LogP contribution in [0.1, 0.15) is 15.9 Å². The average Bonchev–Trinajstić information content (AvgIpc) is 3.12. The molecule has 0 unspecified atom stereocenters. The van der Waals surface area contributed by atoms with E-state index < -0.39 is 16.8 Å². The van der Waals surface area contributed by atoms with Crippen LogP contribution in [0, 0.1) is 21.4 Å². The van der Waals surface area contributed by atoms with Crippen LogP contribution in [0.3, 0.4) is 0 Å². The number of amides is 1. The predicted molar refractivity (Wildman–Crippen MR) is 182 cm³/mol. The first kappa shape index (κ1) is 31.3. The number of fused-ring (bicyclic) bond motifs is 1. The molecule has 0 spiro atoms. The zero-order valence-electron chi connectivity index (χ0n) is 24.8. The second kappa shape index (κ2) is 13.7. The summed E-state index contributed by atoms with van der Waals surface area (Å²) in [4.78, 5) is 46.1. The van der Waals surface area contributed by atoms with Crippen LogP contribution in [0.5, 0.6) is 5.75 Å². The highest BCUT2D eigenvalue weighted by Gasteiger charge is 2.17. The summed E-state index contributed by atoms with van der Waals surface area (Å²) in [6, 6.07) is 36.0. The number of nitrogens with zero attached hydrogens (tertiary/aromatic N) is 4. The molecule has 0 radical (unpaired) electrons. The van der Waals surface area contributed by atoms with Crippen LogP contribution in [0.15, 0.2) is 127 Å². The molecule has 1 amide bonds. The van der Waals surface area contributed by atoms with Crippen molar-refractivity contribution in [2.45, 2.75) is 0 Å². The van der Waals surface area contributed by atoms with Crippen LogP contribution in [-0.4, -0.2) is 26.8 Å². The molecule has 10 nitrogen and oxygen atoms in total. The standard InChI is InChI=1S/C37H22ClN5O5/c38-30-17-14-28(43(46)47)21-32(30)42-36(44)27(22-39)19-23-11-15-29(16-12-23)48-37(45)26-13-18-31-33(20-26)41-35(25-9-5-2-6-10-25)34(40-31)24-7-3-1-4-8-24/h1-21H,(H,42,44)/b27-19+. The minimum absolute atomic E-state index is 0.00752. The van der Waals surface area contributed by atoms with Crippen LogP contribution in [0.2, 0.25) is 5.02 Å². The Kier molecular flexibility index (Phi) is 8.96. The van der Waals surface area contributed by atoms with Gasteiger partial charge in [0.15, 0.2) is 0 Å². The van der Waals surface area contributed by atoms with Gasteiger partial charge in [-0.1, -0.05) is 84.4 Å². The molecule has 6 rings (SSSR count). The number of nitro benzene ring substituents is 1. The maximum Gasteiger partial charge on any atom is 0.343 e. The van der Waals surface area contributed by atoms with Crippen molar-refractivity contribution in [1.29, 1.82) is 5.26 Å². The molecule has 1 aromatic heterocycles. The van der Waals surface area contributed by atoms with Crippen LogP contribution in [0.4, 0.5) is 11.4 Å². The third-order valence-corrected chi connectivity index (χ3v) is 7.50. The van der Waals surface area contributed by atoms with Crippen LogP contribution < -0.4 is 10.1 Å². The number of aromatic nitrogens is 2. The molecule has 0 atom stereocenters. The molecule has 0 saturated heterocycles. The Balaban J connectivity index is 1.20. The summed E-state index contributed by atoms with van der Waals surface area (Å²) in [5, 5.41) is 23.2. The smallest absolute Gasteiger partial charge is 0.343 e. The van der Waals surface area contributed by atoms with Gasteiger partial charge in [-0.3, -0.25) is 14.9 Å². The summed E-state index contributed by atoms with van der Waals surface area (Å²) in [7, 11) is 0. The molecule has 11 heteroatoms. The Hall–Kier alpha value is -6.70. The number of benzene rings is 5. The summed E-state index contributed by atoms with van der Waals surface area (Å²) >= 11 is 6.06. The van der Waals surface area contributed by atoms with E-state index in [4.69, 9.17) is 26.3 Å². The molecule has 232 valence electrons. The van der Waals surface area contributed by atoms with E-state index in [1.54, 1.807) is 30.3 Å². The first-order valence-corrected chi connectivity index (χ1v) is 14.8. The molecular weight excluding hydrogens is 630 g/mol. The predicted octanol–water partition coefficient (Wildman–Crippen LogP) is 8.29. The van der Waals surface area contributed by atoms with Gasteiger partial charge in [-0.2, -0.15) is 5.26 Å². The van der Waals surface area contributed by atoms with Crippen molar-refractivity contribution in [1.82, 2.24) is 9.97 Å². The van der Waals surface area contributed by atoms with Gasteiger partial charge in [0.1, 0.15) is 17.4 Å². The first-order valence-electron chi connectivity index (χ1n) is 14.4. The van der Waals surface area contributed by atoms with E-state index in [-0.39, 0.29) is 33.3 Å². The number of halogens is 1. The number of carbonyl (C=O) groups is 2. The number of rotatable bonds is 8. The quantitative estimate of drug-likeness (QED) is 0.0431. The Morgan fingerprint density at radius 3 is 2.04 bits per heavy atom. The van der Waals surface area contributed by atoms with Crippen molar-refractivity contribution in [3.63, 3.8) is 0 Å². The SMILES string of the molecule is N#C/C(=C\c1ccc(OC(=O)c2ccc3nc(-c4ccccc4)c(-c4ccccc4)nc3c2)cc1)C(=O)Nc1cc([N+](=O)[O-])ccc1Cl. The van der Waals surface area contributed by atoms with Crippen molar-refractivity contribution < 1.29 is 19.2 Å². The van der Waals surface area contributed by atoms with Gasteiger partial charge in [0.05, 0.1) is 43.6 Å². The molecule has 1 N–H and O–H groups in total. The van der Waals surface area contributed by atoms with E-state index in [0.717, 1.165) is 22.9 Å². The number of non-ortho nitro benzene ring substituents is 1. The zero-order chi connectivity index (χ0) is 33.6. The molecule has 0 fully saturated rings. The zero-order valence-corrected chi connectivity index (χ0v) is 25.6. The Bertz CT molecular complexity index is 2270. The summed E-state index contributed by atoms with van der Waals surface area (Å²) in [6.07, 6.45) is 1.32. The molecule has 0 aliphatic carbocycles. The molecule has 48 heavy (non-hydrogen) atoms. The fraction of sp³-hybridized carbons (Fsp3) is 0. The molecule has 6 aromatic rings. The first-order chi connectivity index (χ1) is 23.3. The number of hydrogen-bond donors (Lipinski definition) is 1. The Labute approximate surface area is 278 Å². The Morgan fingerprint density at radius 1 is 0.812 bits per heavy atom. The van der Waals surface area contributed by atoms with Gasteiger partial charge in [-0.15, -0.1) is 0 Å². The van der Waals surface area contributed by atoms with E-state index in [1.165, 1.54) is 30.3 Å². The number of nitro groups is 1. The maximum absolute atomic E-state index is 13.1. The highest BCUT2D eigenvalue weighted by atomic mass is 35.5. The third kappa shape index (κ3) is 6.92. The molecular formula is C37H22ClN5O5. The summed E-state index contributed by atoms with van der Waals surface area (Å²) < 4.78 is 5.59. The molecule has 5 aromatic carbocycles. The Morgan fingerprint density at radius 2 is 1.44 bits per heavy atom. The molecule has 0 aliphatic heterocycles. The van der Waals surface area contributed by atoms with Gasteiger partial charge in [0.25, 0.3) is 11.6 Å². The number of anilines is 1. The monoisotopic (exact) mass is 651 g/mol. The topological polar surface area (TPSA) is 148 Å². The largest absolute Gasteiger partial charge is 0.423 e. The second-order valence-electron chi connectivity index (χ2n) is 10.4. The van der Waals surface area contributed by atoms with Gasteiger partial charge >= 0.3 is 5.97 Å². The normalized spacial score (nSPS) is 11.0. The van der Waals surface area contributed by atoms with E-state index in [1.807, 2.05) is 66.7 Å². The van der Waals surface area contributed by atoms with Crippen LogP contribution in [0.25, 0.3) is 39.6 Å². The maximum atomic E-state index is 13.1. The average molecular weight is 652 g/mol. The number of ether oxygens (including phenoxy) is 1. The molecule has 1 heterocycles. The van der Waals surface area contributed by atoms with Gasteiger partial charge in [0, 0.05) is 23.3 Å². The van der Waals surface area contributed by atoms with Crippen molar-refractivity contribution >= 4 is 52.0 Å². The van der Waals surface area contributed by atoms with Gasteiger partial charge in [-0.25, -0.2) is 14.8 Å². The van der Waals surface area contributed by atoms with E-state index in [9.17, 15) is 25.0 Å². The van der Waals surface area contributed by atoms with Crippen molar-refractivity contribution in [3.05, 3.63) is 153 Å². The van der Waals surface area contributed by atoms with Crippen molar-refractivity contribution in [2.75, 3.05) is 5.32 Å². The minimum atomic E-state index is -0.805. The van der Waals surface area contributed by atoms with Crippen LogP contribution >= 0.6 is 11.6 Å². The molecule has 0 saturated carbocycles. The number of esters is 1. The number of carbonyl (C=O) groups excluding carboxylic acids is 2. The van der Waals surface area contributed by atoms with Crippen molar-refractivity contribution in [2.24, 2.45) is 0 Å². The summed E-state index contributed by atoms with van der Waals surface area (Å²) in [5.41, 5.74) is 4.55. The molecule has 0 aliphatic rings. The van der Waals surface area contributed by atoms with Crippen LogP contribution in [-0.2, 0) is 4.79 Å². The highest BCUT2D eigenvalue weighted by molar-refractivity contribution is 6.34. The lowest BCUT2D eigenvalue weighted by molar-refractivity contribution is -0.384. The number of nitrogens with one attached hydrogen (secondary N) is 1.